The van der Waals surface area contributed by atoms with Crippen LogP contribution in [0.5, 0.6) is 5.75 Å². The third kappa shape index (κ3) is 3.03. The van der Waals surface area contributed by atoms with Crippen LogP contribution in [0.3, 0.4) is 0 Å². The molecule has 0 radical (unpaired) electrons. The maximum Gasteiger partial charge on any atom is 0.255 e. The molecule has 0 bridgehead atoms. The minimum Gasteiger partial charge on any atom is -0.508 e. The first-order valence-electron chi connectivity index (χ1n) is 10.5. The molecule has 1 aromatic rings. The van der Waals surface area contributed by atoms with Gasteiger partial charge in [0.05, 0.1) is 5.56 Å². The molecule has 0 unspecified atom stereocenters. The Labute approximate surface area is 184 Å². The predicted octanol–water partition coefficient (Wildman–Crippen LogP) is 0.922. The number of aliphatic hydroxyl groups is 3. The molecule has 9 heteroatoms. The number of primary amides is 1. The number of fused-ring (bicyclic) bond motifs is 3. The van der Waals surface area contributed by atoms with Crippen LogP contribution in [0.15, 0.2) is 29.0 Å². The summed E-state index contributed by atoms with van der Waals surface area (Å²) < 4.78 is 0. The number of aliphatic hydroxyl groups excluding tert-OH is 2. The van der Waals surface area contributed by atoms with Crippen molar-refractivity contribution in [1.29, 1.82) is 0 Å². The summed E-state index contributed by atoms with van der Waals surface area (Å²) in [6.07, 6.45) is 0.0945. The zero-order valence-electron chi connectivity index (χ0n) is 17.8. The van der Waals surface area contributed by atoms with Crippen molar-refractivity contribution in [1.82, 2.24) is 5.32 Å². The molecule has 3 atom stereocenters. The Balaban J connectivity index is 1.87. The molecule has 32 heavy (non-hydrogen) atoms. The fourth-order valence-electron chi connectivity index (χ4n) is 5.17. The number of nitrogens with two attached hydrogens (primary N) is 1. The van der Waals surface area contributed by atoms with Gasteiger partial charge < -0.3 is 31.5 Å². The fourth-order valence-corrected chi connectivity index (χ4v) is 5.17. The van der Waals surface area contributed by atoms with Crippen molar-refractivity contribution in [3.8, 4) is 5.75 Å². The van der Waals surface area contributed by atoms with Gasteiger partial charge in [0.15, 0.2) is 11.4 Å². The van der Waals surface area contributed by atoms with Crippen molar-refractivity contribution in [3.05, 3.63) is 45.7 Å². The average Bonchev–Trinajstić information content (AvgIpc) is 2.69. The number of nitrogens with one attached hydrogen (secondary N) is 1. The highest BCUT2D eigenvalue weighted by Gasteiger charge is 2.60. The number of rotatable bonds is 4. The molecule has 1 saturated carbocycles. The highest BCUT2D eigenvalue weighted by molar-refractivity contribution is 6.22. The van der Waals surface area contributed by atoms with Gasteiger partial charge in [-0.1, -0.05) is 19.9 Å². The van der Waals surface area contributed by atoms with Gasteiger partial charge in [-0.2, -0.15) is 0 Å². The number of carbonyl (C=O) groups excluding carboxylic acids is 3. The van der Waals surface area contributed by atoms with E-state index in [1.165, 1.54) is 6.07 Å². The van der Waals surface area contributed by atoms with Crippen molar-refractivity contribution in [2.24, 2.45) is 17.6 Å². The van der Waals surface area contributed by atoms with E-state index in [0.717, 1.165) is 5.56 Å². The lowest BCUT2D eigenvalue weighted by Crippen LogP contribution is -2.58. The second kappa shape index (κ2) is 7.46. The Morgan fingerprint density at radius 1 is 1.22 bits per heavy atom. The Morgan fingerprint density at radius 3 is 2.53 bits per heavy atom. The Kier molecular flexibility index (Phi) is 5.14. The van der Waals surface area contributed by atoms with Crippen molar-refractivity contribution < 1.29 is 34.8 Å². The van der Waals surface area contributed by atoms with Gasteiger partial charge in [0.2, 0.25) is 5.78 Å². The van der Waals surface area contributed by atoms with Crippen LogP contribution in [-0.2, 0) is 27.3 Å². The standard InChI is InChI=1S/C23H26N2O7/c1-9(2)25-8-10-3-4-14(26)17-13(10)6-11-5-12-7-15(27)18(22(24)31)21(30)23(12,32)20(29)16(11)19(17)28/h3-4,9,11-12,25-26,28,30,32H,5-8H2,1-2H3,(H2,24,31)/t11-,12+,23+/m1/s1. The van der Waals surface area contributed by atoms with Crippen LogP contribution in [-0.4, -0.2) is 49.5 Å². The minimum absolute atomic E-state index is 0.111. The monoisotopic (exact) mass is 442 g/mol. The molecule has 0 saturated heterocycles. The van der Waals surface area contributed by atoms with E-state index in [4.69, 9.17) is 5.73 Å². The number of phenols is 1. The van der Waals surface area contributed by atoms with E-state index in [1.54, 1.807) is 6.07 Å². The Hall–Kier alpha value is -3.17. The van der Waals surface area contributed by atoms with Crippen molar-refractivity contribution in [2.75, 3.05) is 0 Å². The second-order valence-corrected chi connectivity index (χ2v) is 9.04. The van der Waals surface area contributed by atoms with Crippen LogP contribution in [0.4, 0.5) is 0 Å². The Morgan fingerprint density at radius 2 is 1.91 bits per heavy atom. The van der Waals surface area contributed by atoms with E-state index in [9.17, 15) is 34.8 Å². The molecule has 0 spiro atoms. The van der Waals surface area contributed by atoms with E-state index in [0.29, 0.717) is 18.5 Å². The molecule has 1 fully saturated rings. The Bertz CT molecular complexity index is 1120. The third-order valence-corrected chi connectivity index (χ3v) is 6.74. The van der Waals surface area contributed by atoms with E-state index in [1.807, 2.05) is 13.8 Å². The first-order chi connectivity index (χ1) is 15.0. The SMILES string of the molecule is CC(C)NCc1ccc(O)c2c1C[C@H]1C[C@H]3CC(=O)C(C(N)=O)=C(O)[C@@]3(O)C(=O)C1=C2O. The quantitative estimate of drug-likeness (QED) is 0.374. The molecular weight excluding hydrogens is 416 g/mol. The van der Waals surface area contributed by atoms with Gasteiger partial charge in [-0.3, -0.25) is 14.4 Å². The smallest absolute Gasteiger partial charge is 0.255 e. The van der Waals surface area contributed by atoms with Gasteiger partial charge in [0.1, 0.15) is 22.8 Å². The minimum atomic E-state index is -2.54. The number of aromatic hydroxyl groups is 1. The van der Waals surface area contributed by atoms with Crippen LogP contribution in [0, 0.1) is 11.8 Å². The molecule has 3 aliphatic carbocycles. The number of hydrogen-bond acceptors (Lipinski definition) is 8. The van der Waals surface area contributed by atoms with Gasteiger partial charge in [-0.25, -0.2) is 0 Å². The molecule has 1 aromatic carbocycles. The van der Waals surface area contributed by atoms with Crippen molar-refractivity contribution in [3.63, 3.8) is 0 Å². The topological polar surface area (TPSA) is 170 Å². The zero-order chi connectivity index (χ0) is 23.5. The summed E-state index contributed by atoms with van der Waals surface area (Å²) in [6, 6.07) is 3.39. The second-order valence-electron chi connectivity index (χ2n) is 9.04. The largest absolute Gasteiger partial charge is 0.508 e. The molecule has 0 aromatic heterocycles. The lowest BCUT2D eigenvalue weighted by atomic mass is 9.59. The van der Waals surface area contributed by atoms with Crippen molar-refractivity contribution in [2.45, 2.75) is 51.3 Å². The summed E-state index contributed by atoms with van der Waals surface area (Å²) >= 11 is 0. The number of ketones is 2. The van der Waals surface area contributed by atoms with E-state index in [-0.39, 0.29) is 35.8 Å². The van der Waals surface area contributed by atoms with Gasteiger partial charge in [0.25, 0.3) is 5.91 Å². The normalized spacial score (nSPS) is 27.4. The predicted molar refractivity (Wildman–Crippen MR) is 113 cm³/mol. The summed E-state index contributed by atoms with van der Waals surface area (Å²) in [5.41, 5.74) is 3.36. The van der Waals surface area contributed by atoms with Crippen LogP contribution in [0.1, 0.15) is 43.4 Å². The number of Topliss-reactive ketones (excluding diaryl/α,β-unsaturated/α-hetero) is 2. The van der Waals surface area contributed by atoms with Crippen LogP contribution < -0.4 is 11.1 Å². The molecule has 3 aliphatic rings. The highest BCUT2D eigenvalue weighted by atomic mass is 16.3. The van der Waals surface area contributed by atoms with E-state index in [2.05, 4.69) is 5.32 Å². The maximum absolute atomic E-state index is 13.4. The molecular formula is C23H26N2O7. The first kappa shape index (κ1) is 22.0. The summed E-state index contributed by atoms with van der Waals surface area (Å²) in [4.78, 5) is 37.5. The number of carbonyl (C=O) groups is 3. The van der Waals surface area contributed by atoms with E-state index >= 15 is 0 Å². The van der Waals surface area contributed by atoms with Gasteiger partial charge in [0, 0.05) is 30.5 Å². The maximum atomic E-state index is 13.4. The molecule has 1 amide bonds. The molecule has 0 heterocycles. The zero-order valence-corrected chi connectivity index (χ0v) is 17.8. The molecule has 9 nitrogen and oxygen atoms in total. The average molecular weight is 442 g/mol. The number of hydrogen-bond donors (Lipinski definition) is 6. The van der Waals surface area contributed by atoms with Gasteiger partial charge in [-0.05, 0) is 36.0 Å². The number of benzene rings is 1. The van der Waals surface area contributed by atoms with Gasteiger partial charge >= 0.3 is 0 Å². The van der Waals surface area contributed by atoms with Crippen LogP contribution in [0.2, 0.25) is 0 Å². The third-order valence-electron chi connectivity index (χ3n) is 6.74. The molecule has 170 valence electrons. The van der Waals surface area contributed by atoms with Crippen LogP contribution >= 0.6 is 0 Å². The summed E-state index contributed by atoms with van der Waals surface area (Å²) in [7, 11) is 0. The van der Waals surface area contributed by atoms with E-state index < -0.39 is 52.0 Å². The fraction of sp³-hybridized carbons (Fsp3) is 0.435. The number of phenolic OH excluding ortho intramolecular Hbond substituents is 1. The number of amides is 1. The molecule has 4 rings (SSSR count). The van der Waals surface area contributed by atoms with Crippen molar-refractivity contribution >= 4 is 23.2 Å². The summed E-state index contributed by atoms with van der Waals surface area (Å²) in [5.74, 6) is -6.21. The lowest BCUT2D eigenvalue weighted by Gasteiger charge is -2.46. The summed E-state index contributed by atoms with van der Waals surface area (Å²) in [6.45, 7) is 4.47. The first-order valence-corrected chi connectivity index (χ1v) is 10.5. The molecule has 0 aliphatic heterocycles. The lowest BCUT2D eigenvalue weighted by molar-refractivity contribution is -0.147. The van der Waals surface area contributed by atoms with Crippen LogP contribution in [0.25, 0.3) is 5.76 Å². The van der Waals surface area contributed by atoms with Gasteiger partial charge in [-0.15, -0.1) is 0 Å². The highest BCUT2D eigenvalue weighted by Crippen LogP contribution is 2.52. The molecule has 7 N–H and O–H groups in total. The summed E-state index contributed by atoms with van der Waals surface area (Å²) in [5, 5.41) is 46.5.